The van der Waals surface area contributed by atoms with E-state index in [9.17, 15) is 4.79 Å². The second-order valence-electron chi connectivity index (χ2n) is 4.97. The van der Waals surface area contributed by atoms with Gasteiger partial charge in [0.25, 0.3) is 0 Å². The molecule has 0 aliphatic rings. The molecule has 2 aromatic rings. The summed E-state index contributed by atoms with van der Waals surface area (Å²) < 4.78 is 0. The molecule has 0 aliphatic carbocycles. The van der Waals surface area contributed by atoms with Crippen molar-refractivity contribution in [3.8, 4) is 0 Å². The lowest BCUT2D eigenvalue weighted by atomic mass is 9.95. The van der Waals surface area contributed by atoms with Crippen molar-refractivity contribution in [2.24, 2.45) is 0 Å². The first-order valence-corrected chi connectivity index (χ1v) is 7.35. The molecule has 0 atom stereocenters. The van der Waals surface area contributed by atoms with Crippen LogP contribution in [0.15, 0.2) is 48.5 Å². The van der Waals surface area contributed by atoms with Crippen LogP contribution in [0.5, 0.6) is 0 Å². The maximum Gasteiger partial charge on any atom is 0.185 e. The van der Waals surface area contributed by atoms with E-state index in [4.69, 9.17) is 5.73 Å². The first-order valence-electron chi connectivity index (χ1n) is 7.35. The van der Waals surface area contributed by atoms with Crippen LogP contribution in [0.25, 0.3) is 6.08 Å². The average molecular weight is 279 g/mol. The highest BCUT2D eigenvalue weighted by molar-refractivity contribution is 6.06. The van der Waals surface area contributed by atoms with Crippen molar-refractivity contribution in [3.63, 3.8) is 0 Å². The predicted octanol–water partition coefficient (Wildman–Crippen LogP) is 4.29. The van der Waals surface area contributed by atoms with Gasteiger partial charge in [-0.05, 0) is 41.7 Å². The zero-order valence-electron chi connectivity index (χ0n) is 12.6. The quantitative estimate of drug-likeness (QED) is 0.504. The normalized spacial score (nSPS) is 11.0. The summed E-state index contributed by atoms with van der Waals surface area (Å²) in [6, 6.07) is 13.2. The van der Waals surface area contributed by atoms with Gasteiger partial charge in [-0.2, -0.15) is 0 Å². The Labute approximate surface area is 126 Å². The lowest BCUT2D eigenvalue weighted by molar-refractivity contribution is 0.104. The Balaban J connectivity index is 2.31. The molecule has 0 radical (unpaired) electrons. The number of ketones is 1. The highest BCUT2D eigenvalue weighted by atomic mass is 16.1. The fourth-order valence-corrected chi connectivity index (χ4v) is 2.58. The number of carbonyl (C=O) groups is 1. The van der Waals surface area contributed by atoms with E-state index >= 15 is 0 Å². The summed E-state index contributed by atoms with van der Waals surface area (Å²) in [6.45, 7) is 4.22. The summed E-state index contributed by atoms with van der Waals surface area (Å²) in [5.41, 5.74) is 11.1. The number of allylic oxidation sites excluding steroid dienone is 1. The zero-order chi connectivity index (χ0) is 15.2. The molecule has 0 amide bonds. The van der Waals surface area contributed by atoms with Gasteiger partial charge in [-0.25, -0.2) is 0 Å². The van der Waals surface area contributed by atoms with Crippen LogP contribution in [0.4, 0.5) is 5.69 Å². The number of benzene rings is 2. The Morgan fingerprint density at radius 3 is 2.29 bits per heavy atom. The monoisotopic (exact) mass is 279 g/mol. The van der Waals surface area contributed by atoms with Crippen LogP contribution in [-0.2, 0) is 12.8 Å². The molecule has 0 saturated carbocycles. The summed E-state index contributed by atoms with van der Waals surface area (Å²) in [4.78, 5) is 12.1. The van der Waals surface area contributed by atoms with Gasteiger partial charge in [0.05, 0.1) is 0 Å². The number of nitrogen functional groups attached to an aromatic ring is 1. The van der Waals surface area contributed by atoms with Gasteiger partial charge in [-0.15, -0.1) is 0 Å². The Hall–Kier alpha value is -2.35. The summed E-state index contributed by atoms with van der Waals surface area (Å²) in [7, 11) is 0. The maximum atomic E-state index is 12.1. The van der Waals surface area contributed by atoms with Gasteiger partial charge in [0, 0.05) is 11.3 Å². The predicted molar refractivity (Wildman–Crippen MR) is 89.4 cm³/mol. The molecule has 0 spiro atoms. The van der Waals surface area contributed by atoms with Crippen molar-refractivity contribution in [3.05, 3.63) is 70.8 Å². The minimum atomic E-state index is 0.0209. The standard InChI is InChI=1S/C19H21NO/c1-3-16-14(10-12-18(20)17(16)4-2)11-13-19(21)15-8-6-5-7-9-15/h5-13H,3-4,20H2,1-2H3. The lowest BCUT2D eigenvalue weighted by Gasteiger charge is -2.12. The molecule has 2 rings (SSSR count). The number of hydrogen-bond acceptors (Lipinski definition) is 2. The first-order chi connectivity index (χ1) is 10.2. The van der Waals surface area contributed by atoms with E-state index in [0.717, 1.165) is 24.1 Å². The molecule has 0 unspecified atom stereocenters. The molecular formula is C19H21NO. The summed E-state index contributed by atoms with van der Waals surface area (Å²) >= 11 is 0. The maximum absolute atomic E-state index is 12.1. The van der Waals surface area contributed by atoms with Crippen LogP contribution in [0.1, 0.15) is 40.9 Å². The molecule has 0 fully saturated rings. The van der Waals surface area contributed by atoms with Crippen molar-refractivity contribution in [1.29, 1.82) is 0 Å². The van der Waals surface area contributed by atoms with Gasteiger partial charge in [0.1, 0.15) is 0 Å². The van der Waals surface area contributed by atoms with E-state index in [-0.39, 0.29) is 5.78 Å². The largest absolute Gasteiger partial charge is 0.398 e. The van der Waals surface area contributed by atoms with Gasteiger partial charge in [-0.3, -0.25) is 4.79 Å². The van der Waals surface area contributed by atoms with E-state index in [0.29, 0.717) is 5.56 Å². The number of anilines is 1. The van der Waals surface area contributed by atoms with Gasteiger partial charge in [0.2, 0.25) is 0 Å². The molecule has 0 aliphatic heterocycles. The molecule has 0 heterocycles. The van der Waals surface area contributed by atoms with Crippen LogP contribution in [0.2, 0.25) is 0 Å². The second-order valence-corrected chi connectivity index (χ2v) is 4.97. The topological polar surface area (TPSA) is 43.1 Å². The average Bonchev–Trinajstić information content (AvgIpc) is 2.53. The molecule has 2 N–H and O–H groups in total. The number of nitrogens with two attached hydrogens (primary N) is 1. The summed E-state index contributed by atoms with van der Waals surface area (Å²) in [5.74, 6) is 0.0209. The Morgan fingerprint density at radius 1 is 1.00 bits per heavy atom. The third-order valence-corrected chi connectivity index (χ3v) is 3.68. The highest BCUT2D eigenvalue weighted by Gasteiger charge is 2.08. The van der Waals surface area contributed by atoms with E-state index in [1.165, 1.54) is 11.1 Å². The van der Waals surface area contributed by atoms with Crippen molar-refractivity contribution >= 4 is 17.5 Å². The fourth-order valence-electron chi connectivity index (χ4n) is 2.58. The molecule has 0 aromatic heterocycles. The number of rotatable bonds is 5. The van der Waals surface area contributed by atoms with E-state index in [2.05, 4.69) is 13.8 Å². The van der Waals surface area contributed by atoms with Gasteiger partial charge < -0.3 is 5.73 Å². The third kappa shape index (κ3) is 3.40. The van der Waals surface area contributed by atoms with Gasteiger partial charge in [-0.1, -0.05) is 56.3 Å². The summed E-state index contributed by atoms with van der Waals surface area (Å²) in [6.07, 6.45) is 5.35. The van der Waals surface area contributed by atoms with Gasteiger partial charge >= 0.3 is 0 Å². The van der Waals surface area contributed by atoms with Crippen LogP contribution in [0.3, 0.4) is 0 Å². The van der Waals surface area contributed by atoms with E-state index < -0.39 is 0 Å². The molecule has 2 heteroatoms. The summed E-state index contributed by atoms with van der Waals surface area (Å²) in [5, 5.41) is 0. The zero-order valence-corrected chi connectivity index (χ0v) is 12.6. The van der Waals surface area contributed by atoms with Crippen LogP contribution in [0, 0.1) is 0 Å². The van der Waals surface area contributed by atoms with Crippen molar-refractivity contribution in [2.75, 3.05) is 5.73 Å². The Morgan fingerprint density at radius 2 is 1.67 bits per heavy atom. The molecule has 108 valence electrons. The van der Waals surface area contributed by atoms with Crippen molar-refractivity contribution < 1.29 is 4.79 Å². The Bertz CT molecular complexity index is 657. The van der Waals surface area contributed by atoms with E-state index in [1.54, 1.807) is 6.08 Å². The minimum absolute atomic E-state index is 0.0209. The lowest BCUT2D eigenvalue weighted by Crippen LogP contribution is -2.01. The molecule has 2 nitrogen and oxygen atoms in total. The first kappa shape index (κ1) is 15.0. The minimum Gasteiger partial charge on any atom is -0.398 e. The van der Waals surface area contributed by atoms with Crippen molar-refractivity contribution in [2.45, 2.75) is 26.7 Å². The third-order valence-electron chi connectivity index (χ3n) is 3.68. The molecule has 0 bridgehead atoms. The SMILES string of the molecule is CCc1c(N)ccc(C=CC(=O)c2ccccc2)c1CC. The molecule has 0 saturated heterocycles. The van der Waals surface area contributed by atoms with Crippen molar-refractivity contribution in [1.82, 2.24) is 0 Å². The molecule has 2 aromatic carbocycles. The number of hydrogen-bond donors (Lipinski definition) is 1. The van der Waals surface area contributed by atoms with Gasteiger partial charge in [0.15, 0.2) is 5.78 Å². The molecular weight excluding hydrogens is 258 g/mol. The smallest absolute Gasteiger partial charge is 0.185 e. The van der Waals surface area contributed by atoms with Crippen LogP contribution >= 0.6 is 0 Å². The fraction of sp³-hybridized carbons (Fsp3) is 0.211. The second kappa shape index (κ2) is 6.89. The Kier molecular flexibility index (Phi) is 4.94. The van der Waals surface area contributed by atoms with Crippen LogP contribution < -0.4 is 5.73 Å². The highest BCUT2D eigenvalue weighted by Crippen LogP contribution is 2.24. The van der Waals surface area contributed by atoms with E-state index in [1.807, 2.05) is 48.5 Å². The molecule has 21 heavy (non-hydrogen) atoms. The van der Waals surface area contributed by atoms with Crippen LogP contribution in [-0.4, -0.2) is 5.78 Å². The number of carbonyl (C=O) groups excluding carboxylic acids is 1.